The van der Waals surface area contributed by atoms with Gasteiger partial charge in [0.15, 0.2) is 0 Å². The Kier molecular flexibility index (Phi) is 2.36. The lowest BCUT2D eigenvalue weighted by molar-refractivity contribution is 0.415. The first-order chi connectivity index (χ1) is 8.16. The van der Waals surface area contributed by atoms with Crippen LogP contribution in [0.5, 0.6) is 0 Å². The molecule has 3 rings (SSSR count). The smallest absolute Gasteiger partial charge is 0.150 e. The molecule has 0 bridgehead atoms. The largest absolute Gasteiger partial charge is 0.262 e. The predicted octanol–water partition coefficient (Wildman–Crippen LogP) is 0.576. The molecule has 0 spiro atoms. The summed E-state index contributed by atoms with van der Waals surface area (Å²) in [4.78, 5) is 3.98. The van der Waals surface area contributed by atoms with Crippen LogP contribution in [0.4, 0.5) is 0 Å². The Balaban J connectivity index is 1.95. The average molecular weight is 252 g/mol. The van der Waals surface area contributed by atoms with Gasteiger partial charge in [0.25, 0.3) is 0 Å². The van der Waals surface area contributed by atoms with Gasteiger partial charge in [0.05, 0.1) is 29.3 Å². The molecule has 0 amide bonds. The molecule has 0 radical (unpaired) electrons. The van der Waals surface area contributed by atoms with Crippen molar-refractivity contribution in [3.8, 4) is 0 Å². The Labute approximate surface area is 98.6 Å². The summed E-state index contributed by atoms with van der Waals surface area (Å²) < 4.78 is 24.6. The summed E-state index contributed by atoms with van der Waals surface area (Å²) in [5.74, 6) is 0.480. The first-order valence-electron chi connectivity index (χ1n) is 5.51. The molecule has 6 nitrogen and oxygen atoms in total. The van der Waals surface area contributed by atoms with E-state index in [2.05, 4.69) is 15.3 Å². The number of pyridine rings is 1. The first-order valence-corrected chi connectivity index (χ1v) is 7.33. The summed E-state index contributed by atoms with van der Waals surface area (Å²) >= 11 is 0. The molecule has 0 saturated carbocycles. The molecule has 3 heterocycles. The molecule has 17 heavy (non-hydrogen) atoms. The van der Waals surface area contributed by atoms with Crippen LogP contribution in [0.2, 0.25) is 0 Å². The number of hydrogen-bond acceptors (Lipinski definition) is 5. The molecule has 90 valence electrons. The van der Waals surface area contributed by atoms with E-state index in [1.54, 1.807) is 12.4 Å². The van der Waals surface area contributed by atoms with Gasteiger partial charge >= 0.3 is 0 Å². The van der Waals surface area contributed by atoms with Crippen LogP contribution in [0.1, 0.15) is 18.9 Å². The Morgan fingerprint density at radius 3 is 2.82 bits per heavy atom. The molecule has 1 fully saturated rings. The number of aromatic nitrogens is 4. The molecule has 0 atom stereocenters. The zero-order valence-electron chi connectivity index (χ0n) is 9.15. The highest BCUT2D eigenvalue weighted by Crippen LogP contribution is 2.25. The third-order valence-corrected chi connectivity index (χ3v) is 4.86. The van der Waals surface area contributed by atoms with Crippen LogP contribution in [0.25, 0.3) is 11.0 Å². The van der Waals surface area contributed by atoms with E-state index in [4.69, 9.17) is 0 Å². The Morgan fingerprint density at radius 2 is 2.06 bits per heavy atom. The quantitative estimate of drug-likeness (QED) is 0.741. The first kappa shape index (κ1) is 10.6. The summed E-state index contributed by atoms with van der Waals surface area (Å²) in [5, 5.41) is 8.13. The maximum absolute atomic E-state index is 11.4. The minimum Gasteiger partial charge on any atom is -0.262 e. The minimum absolute atomic E-state index is 0.130. The zero-order chi connectivity index (χ0) is 11.9. The highest BCUT2D eigenvalue weighted by atomic mass is 32.2. The molecule has 0 aromatic carbocycles. The molecule has 0 N–H and O–H groups in total. The summed E-state index contributed by atoms with van der Waals surface area (Å²) in [6, 6.07) is 1.99. The van der Waals surface area contributed by atoms with E-state index in [1.165, 1.54) is 0 Å². The van der Waals surface area contributed by atoms with Crippen molar-refractivity contribution >= 4 is 20.9 Å². The second-order valence-corrected chi connectivity index (χ2v) is 6.59. The summed E-state index contributed by atoms with van der Waals surface area (Å²) in [6.45, 7) is 0. The minimum atomic E-state index is -2.83. The number of fused-ring (bicyclic) bond motifs is 1. The topological polar surface area (TPSA) is 77.7 Å². The Bertz CT molecular complexity index is 635. The molecule has 1 aliphatic heterocycles. The van der Waals surface area contributed by atoms with E-state index < -0.39 is 9.84 Å². The average Bonchev–Trinajstić information content (AvgIpc) is 2.73. The molecular formula is C10H12N4O2S. The fourth-order valence-electron chi connectivity index (χ4n) is 2.19. The van der Waals surface area contributed by atoms with Gasteiger partial charge in [-0.3, -0.25) is 4.98 Å². The highest BCUT2D eigenvalue weighted by Gasteiger charge is 2.26. The van der Waals surface area contributed by atoms with Crippen molar-refractivity contribution in [1.29, 1.82) is 0 Å². The standard InChI is InChI=1S/C10H12N4O2S/c15-17(16)5-2-8(3-6-17)14-10-1-4-11-7-9(10)12-13-14/h1,4,7-8H,2-3,5-6H2. The van der Waals surface area contributed by atoms with Gasteiger partial charge in [0.1, 0.15) is 15.4 Å². The van der Waals surface area contributed by atoms with Crippen molar-refractivity contribution in [1.82, 2.24) is 20.0 Å². The molecular weight excluding hydrogens is 240 g/mol. The monoisotopic (exact) mass is 252 g/mol. The van der Waals surface area contributed by atoms with E-state index in [-0.39, 0.29) is 17.5 Å². The second-order valence-electron chi connectivity index (χ2n) is 4.28. The van der Waals surface area contributed by atoms with Crippen molar-refractivity contribution in [2.24, 2.45) is 0 Å². The molecule has 1 aliphatic rings. The normalized spacial score (nSPS) is 20.7. The van der Waals surface area contributed by atoms with Crippen LogP contribution < -0.4 is 0 Å². The van der Waals surface area contributed by atoms with Crippen molar-refractivity contribution in [2.45, 2.75) is 18.9 Å². The lowest BCUT2D eigenvalue weighted by Gasteiger charge is -2.22. The van der Waals surface area contributed by atoms with Crippen LogP contribution in [0, 0.1) is 0 Å². The fourth-order valence-corrected chi connectivity index (χ4v) is 3.65. The lowest BCUT2D eigenvalue weighted by Crippen LogP contribution is -2.26. The highest BCUT2D eigenvalue weighted by molar-refractivity contribution is 7.91. The number of nitrogens with zero attached hydrogens (tertiary/aromatic N) is 4. The van der Waals surface area contributed by atoms with Crippen LogP contribution in [0.3, 0.4) is 0 Å². The Hall–Kier alpha value is -1.50. The molecule has 2 aromatic heterocycles. The van der Waals surface area contributed by atoms with Gasteiger partial charge in [-0.05, 0) is 18.9 Å². The Morgan fingerprint density at radius 1 is 1.29 bits per heavy atom. The van der Waals surface area contributed by atoms with Gasteiger partial charge in [0, 0.05) is 6.20 Å². The van der Waals surface area contributed by atoms with Crippen molar-refractivity contribution in [3.63, 3.8) is 0 Å². The molecule has 2 aromatic rings. The lowest BCUT2D eigenvalue weighted by atomic mass is 10.1. The van der Waals surface area contributed by atoms with Crippen LogP contribution >= 0.6 is 0 Å². The van der Waals surface area contributed by atoms with Gasteiger partial charge in [0.2, 0.25) is 0 Å². The third-order valence-electron chi connectivity index (χ3n) is 3.14. The SMILES string of the molecule is O=S1(=O)CCC(n2nnc3cnccc32)CC1. The van der Waals surface area contributed by atoms with E-state index in [1.807, 2.05) is 10.7 Å². The van der Waals surface area contributed by atoms with Crippen LogP contribution in [0.15, 0.2) is 18.5 Å². The van der Waals surface area contributed by atoms with Crippen LogP contribution in [-0.4, -0.2) is 39.9 Å². The molecule has 0 aliphatic carbocycles. The predicted molar refractivity (Wildman–Crippen MR) is 62.2 cm³/mol. The van der Waals surface area contributed by atoms with Crippen molar-refractivity contribution in [2.75, 3.05) is 11.5 Å². The molecule has 0 unspecified atom stereocenters. The summed E-state index contributed by atoms with van der Waals surface area (Å²) in [6.07, 6.45) is 4.59. The number of sulfone groups is 1. The molecule has 7 heteroatoms. The van der Waals surface area contributed by atoms with E-state index in [9.17, 15) is 8.42 Å². The zero-order valence-corrected chi connectivity index (χ0v) is 9.97. The third kappa shape index (κ3) is 1.90. The molecule has 1 saturated heterocycles. The van der Waals surface area contributed by atoms with Gasteiger partial charge in [-0.1, -0.05) is 5.21 Å². The van der Waals surface area contributed by atoms with Gasteiger partial charge in [-0.25, -0.2) is 13.1 Å². The van der Waals surface area contributed by atoms with Gasteiger partial charge in [-0.2, -0.15) is 0 Å². The fraction of sp³-hybridized carbons (Fsp3) is 0.500. The van der Waals surface area contributed by atoms with Gasteiger partial charge < -0.3 is 0 Å². The number of rotatable bonds is 1. The van der Waals surface area contributed by atoms with Crippen molar-refractivity contribution in [3.05, 3.63) is 18.5 Å². The maximum Gasteiger partial charge on any atom is 0.150 e. The number of hydrogen-bond donors (Lipinski definition) is 0. The van der Waals surface area contributed by atoms with E-state index >= 15 is 0 Å². The maximum atomic E-state index is 11.4. The summed E-state index contributed by atoms with van der Waals surface area (Å²) in [5.41, 5.74) is 1.67. The van der Waals surface area contributed by atoms with Crippen molar-refractivity contribution < 1.29 is 8.42 Å². The summed E-state index contributed by atoms with van der Waals surface area (Å²) in [7, 11) is -2.83. The van der Waals surface area contributed by atoms with Gasteiger partial charge in [-0.15, -0.1) is 5.10 Å². The second kappa shape index (κ2) is 3.76. The van der Waals surface area contributed by atoms with E-state index in [0.717, 1.165) is 11.0 Å². The van der Waals surface area contributed by atoms with E-state index in [0.29, 0.717) is 12.8 Å². The van der Waals surface area contributed by atoms with Crippen LogP contribution in [-0.2, 0) is 9.84 Å².